The predicted molar refractivity (Wildman–Crippen MR) is 75.6 cm³/mol. The van der Waals surface area contributed by atoms with E-state index in [0.717, 1.165) is 32.5 Å². The molecule has 1 N–H and O–H groups in total. The Hall–Kier alpha value is -1.35. The van der Waals surface area contributed by atoms with Crippen molar-refractivity contribution in [2.24, 2.45) is 5.92 Å². The third-order valence-corrected chi connectivity index (χ3v) is 4.11. The number of rotatable bonds is 4. The topological polar surface area (TPSA) is 32.3 Å². The number of nitrogens with one attached hydrogen (secondary N) is 1. The number of carbonyl (C=O) groups is 1. The standard InChI is InChI=1S/C16H22N2O/c19-16(14-7-4-10-17-11-14)18(15-8-9-15)12-13-5-2-1-3-6-13/h1-3,5-6,14-15,17H,4,7-12H2/t14-/m0/s1. The summed E-state index contributed by atoms with van der Waals surface area (Å²) in [5, 5.41) is 3.35. The second-order valence-corrected chi connectivity index (χ2v) is 5.73. The molecule has 1 aliphatic heterocycles. The molecule has 0 bridgehead atoms. The molecule has 1 saturated carbocycles. The molecule has 1 heterocycles. The smallest absolute Gasteiger partial charge is 0.227 e. The second-order valence-electron chi connectivity index (χ2n) is 5.73. The van der Waals surface area contributed by atoms with Crippen LogP contribution in [0.25, 0.3) is 0 Å². The lowest BCUT2D eigenvalue weighted by Gasteiger charge is -2.30. The monoisotopic (exact) mass is 258 g/mol. The Labute approximate surface area is 115 Å². The van der Waals surface area contributed by atoms with Gasteiger partial charge in [0.2, 0.25) is 5.91 Å². The first-order valence-electron chi connectivity index (χ1n) is 7.40. The molecular weight excluding hydrogens is 236 g/mol. The van der Waals surface area contributed by atoms with Crippen molar-refractivity contribution in [2.75, 3.05) is 13.1 Å². The Kier molecular flexibility index (Phi) is 3.83. The van der Waals surface area contributed by atoms with E-state index in [2.05, 4.69) is 22.3 Å². The van der Waals surface area contributed by atoms with Crippen molar-refractivity contribution < 1.29 is 4.79 Å². The Morgan fingerprint density at radius 3 is 2.63 bits per heavy atom. The van der Waals surface area contributed by atoms with Gasteiger partial charge in [0, 0.05) is 19.1 Å². The Balaban J connectivity index is 1.68. The summed E-state index contributed by atoms with van der Waals surface area (Å²) in [6.07, 6.45) is 4.53. The lowest BCUT2D eigenvalue weighted by atomic mass is 9.97. The Bertz CT molecular complexity index is 422. The maximum atomic E-state index is 12.7. The molecule has 0 aromatic heterocycles. The molecule has 1 atom stereocenters. The van der Waals surface area contributed by atoms with Gasteiger partial charge in [-0.3, -0.25) is 4.79 Å². The van der Waals surface area contributed by atoms with Crippen molar-refractivity contribution in [3.05, 3.63) is 35.9 Å². The van der Waals surface area contributed by atoms with Crippen molar-refractivity contribution in [3.63, 3.8) is 0 Å². The number of hydrogen-bond acceptors (Lipinski definition) is 2. The highest BCUT2D eigenvalue weighted by molar-refractivity contribution is 5.79. The van der Waals surface area contributed by atoms with Gasteiger partial charge in [0.15, 0.2) is 0 Å². The molecule has 19 heavy (non-hydrogen) atoms. The molecule has 0 unspecified atom stereocenters. The number of amides is 1. The maximum Gasteiger partial charge on any atom is 0.227 e. The third kappa shape index (κ3) is 3.16. The van der Waals surface area contributed by atoms with Crippen LogP contribution in [0.5, 0.6) is 0 Å². The average Bonchev–Trinajstić information content (AvgIpc) is 3.31. The fourth-order valence-corrected chi connectivity index (χ4v) is 2.85. The van der Waals surface area contributed by atoms with Crippen LogP contribution in [0, 0.1) is 5.92 Å². The summed E-state index contributed by atoms with van der Waals surface area (Å²) in [5.74, 6) is 0.552. The molecule has 0 radical (unpaired) electrons. The minimum absolute atomic E-state index is 0.193. The zero-order valence-corrected chi connectivity index (χ0v) is 11.3. The molecule has 3 heteroatoms. The zero-order chi connectivity index (χ0) is 13.1. The van der Waals surface area contributed by atoms with Crippen LogP contribution < -0.4 is 5.32 Å². The molecule has 2 aliphatic rings. The van der Waals surface area contributed by atoms with Gasteiger partial charge >= 0.3 is 0 Å². The molecule has 3 rings (SSSR count). The van der Waals surface area contributed by atoms with Gasteiger partial charge in [0.05, 0.1) is 5.92 Å². The van der Waals surface area contributed by atoms with Crippen molar-refractivity contribution in [1.29, 1.82) is 0 Å². The zero-order valence-electron chi connectivity index (χ0n) is 11.3. The van der Waals surface area contributed by atoms with E-state index in [9.17, 15) is 4.79 Å². The van der Waals surface area contributed by atoms with Crippen LogP contribution in [0.2, 0.25) is 0 Å². The van der Waals surface area contributed by atoms with E-state index >= 15 is 0 Å². The van der Waals surface area contributed by atoms with E-state index < -0.39 is 0 Å². The Morgan fingerprint density at radius 1 is 1.21 bits per heavy atom. The van der Waals surface area contributed by atoms with Gasteiger partial charge in [0.1, 0.15) is 0 Å². The first-order valence-corrected chi connectivity index (χ1v) is 7.40. The highest BCUT2D eigenvalue weighted by Gasteiger charge is 2.35. The maximum absolute atomic E-state index is 12.7. The van der Waals surface area contributed by atoms with Crippen molar-refractivity contribution in [1.82, 2.24) is 10.2 Å². The van der Waals surface area contributed by atoms with Gasteiger partial charge < -0.3 is 10.2 Å². The van der Waals surface area contributed by atoms with Crippen molar-refractivity contribution in [2.45, 2.75) is 38.3 Å². The number of piperidine rings is 1. The first kappa shape index (κ1) is 12.7. The molecule has 0 spiro atoms. The van der Waals surface area contributed by atoms with Crippen LogP contribution in [0.15, 0.2) is 30.3 Å². The largest absolute Gasteiger partial charge is 0.335 e. The van der Waals surface area contributed by atoms with Gasteiger partial charge in [-0.2, -0.15) is 0 Å². The minimum atomic E-state index is 0.193. The van der Waals surface area contributed by atoms with E-state index in [0.29, 0.717) is 11.9 Å². The lowest BCUT2D eigenvalue weighted by Crippen LogP contribution is -2.43. The van der Waals surface area contributed by atoms with E-state index in [1.807, 2.05) is 18.2 Å². The summed E-state index contributed by atoms with van der Waals surface area (Å²) in [6, 6.07) is 10.8. The van der Waals surface area contributed by atoms with Crippen molar-refractivity contribution >= 4 is 5.91 Å². The van der Waals surface area contributed by atoms with Gasteiger partial charge in [-0.05, 0) is 37.8 Å². The molecule has 1 amide bonds. The minimum Gasteiger partial charge on any atom is -0.335 e. The summed E-state index contributed by atoms with van der Waals surface area (Å²) in [5.41, 5.74) is 1.24. The first-order chi connectivity index (χ1) is 9.34. The summed E-state index contributed by atoms with van der Waals surface area (Å²) in [7, 11) is 0. The molecule has 2 fully saturated rings. The van der Waals surface area contributed by atoms with Gasteiger partial charge in [-0.1, -0.05) is 30.3 Å². The average molecular weight is 258 g/mol. The van der Waals surface area contributed by atoms with Gasteiger partial charge in [0.25, 0.3) is 0 Å². The van der Waals surface area contributed by atoms with Crippen LogP contribution in [0.1, 0.15) is 31.2 Å². The Morgan fingerprint density at radius 2 is 2.00 bits per heavy atom. The van der Waals surface area contributed by atoms with E-state index in [4.69, 9.17) is 0 Å². The second kappa shape index (κ2) is 5.74. The van der Waals surface area contributed by atoms with Crippen LogP contribution in [0.4, 0.5) is 0 Å². The van der Waals surface area contributed by atoms with Gasteiger partial charge in [-0.15, -0.1) is 0 Å². The number of carbonyl (C=O) groups excluding carboxylic acids is 1. The highest BCUT2D eigenvalue weighted by Crippen LogP contribution is 2.30. The molecule has 1 aromatic carbocycles. The van der Waals surface area contributed by atoms with Crippen LogP contribution in [0.3, 0.4) is 0 Å². The van der Waals surface area contributed by atoms with E-state index in [-0.39, 0.29) is 5.92 Å². The molecule has 1 aliphatic carbocycles. The van der Waals surface area contributed by atoms with Crippen molar-refractivity contribution in [3.8, 4) is 0 Å². The number of nitrogens with zero attached hydrogens (tertiary/aromatic N) is 1. The summed E-state index contributed by atoms with van der Waals surface area (Å²) in [6.45, 7) is 2.70. The van der Waals surface area contributed by atoms with Gasteiger partial charge in [-0.25, -0.2) is 0 Å². The number of benzene rings is 1. The fourth-order valence-electron chi connectivity index (χ4n) is 2.85. The van der Waals surface area contributed by atoms with Crippen LogP contribution in [-0.2, 0) is 11.3 Å². The van der Waals surface area contributed by atoms with Crippen LogP contribution in [-0.4, -0.2) is 29.9 Å². The quantitative estimate of drug-likeness (QED) is 0.897. The highest BCUT2D eigenvalue weighted by atomic mass is 16.2. The number of hydrogen-bond donors (Lipinski definition) is 1. The lowest BCUT2D eigenvalue weighted by molar-refractivity contribution is -0.137. The molecule has 102 valence electrons. The van der Waals surface area contributed by atoms with E-state index in [1.165, 1.54) is 18.4 Å². The molecular formula is C16H22N2O. The van der Waals surface area contributed by atoms with E-state index in [1.54, 1.807) is 0 Å². The summed E-state index contributed by atoms with van der Waals surface area (Å²) in [4.78, 5) is 14.8. The van der Waals surface area contributed by atoms with Crippen LogP contribution >= 0.6 is 0 Å². The summed E-state index contributed by atoms with van der Waals surface area (Å²) < 4.78 is 0. The summed E-state index contributed by atoms with van der Waals surface area (Å²) >= 11 is 0. The predicted octanol–water partition coefficient (Wildman–Crippen LogP) is 2.18. The molecule has 1 saturated heterocycles. The SMILES string of the molecule is O=C([C@H]1CCCNC1)N(Cc1ccccc1)C1CC1. The molecule has 3 nitrogen and oxygen atoms in total. The molecule has 1 aromatic rings. The fraction of sp³-hybridized carbons (Fsp3) is 0.562. The normalized spacial score (nSPS) is 23.1. The third-order valence-electron chi connectivity index (χ3n) is 4.11.